The van der Waals surface area contributed by atoms with Crippen LogP contribution in [0.5, 0.6) is 0 Å². The maximum absolute atomic E-state index is 12.5. The molecule has 6 heteroatoms. The van der Waals surface area contributed by atoms with Crippen LogP contribution in [0.3, 0.4) is 0 Å². The van der Waals surface area contributed by atoms with E-state index >= 15 is 0 Å². The van der Waals surface area contributed by atoms with Crippen molar-refractivity contribution in [1.29, 1.82) is 0 Å². The Hall–Kier alpha value is -3.15. The van der Waals surface area contributed by atoms with Gasteiger partial charge in [-0.2, -0.15) is 0 Å². The molecule has 2 aromatic rings. The number of anilines is 2. The van der Waals surface area contributed by atoms with Gasteiger partial charge in [-0.05, 0) is 43.0 Å². The van der Waals surface area contributed by atoms with Crippen LogP contribution < -0.4 is 10.6 Å². The number of hydrogen-bond donors (Lipinski definition) is 2. The lowest BCUT2D eigenvalue weighted by molar-refractivity contribution is -0.148. The van der Waals surface area contributed by atoms with Gasteiger partial charge in [0.25, 0.3) is 11.8 Å². The lowest BCUT2D eigenvalue weighted by Crippen LogP contribution is -2.23. The summed E-state index contributed by atoms with van der Waals surface area (Å²) in [5.41, 5.74) is 1.36. The molecule has 2 amide bonds. The molecule has 1 saturated carbocycles. The number of benzene rings is 2. The SMILES string of the molecule is O=C(COC(=O)CC1CCCC1)Nc1ccccc1C(=O)Nc1ccccc1. The second kappa shape index (κ2) is 9.69. The predicted molar refractivity (Wildman–Crippen MR) is 107 cm³/mol. The highest BCUT2D eigenvalue weighted by Crippen LogP contribution is 2.27. The first-order valence-corrected chi connectivity index (χ1v) is 9.53. The van der Waals surface area contributed by atoms with Crippen LogP contribution >= 0.6 is 0 Å². The molecule has 0 bridgehead atoms. The van der Waals surface area contributed by atoms with Gasteiger partial charge >= 0.3 is 5.97 Å². The van der Waals surface area contributed by atoms with E-state index in [0.717, 1.165) is 25.7 Å². The summed E-state index contributed by atoms with van der Waals surface area (Å²) in [7, 11) is 0. The molecule has 0 atom stereocenters. The van der Waals surface area contributed by atoms with Crippen molar-refractivity contribution < 1.29 is 19.1 Å². The Balaban J connectivity index is 1.54. The number of ether oxygens (including phenoxy) is 1. The van der Waals surface area contributed by atoms with Crippen LogP contribution in [0.2, 0.25) is 0 Å². The minimum atomic E-state index is -0.472. The molecule has 6 nitrogen and oxygen atoms in total. The zero-order valence-electron chi connectivity index (χ0n) is 15.6. The molecule has 0 aliphatic heterocycles. The molecule has 1 aliphatic carbocycles. The fourth-order valence-corrected chi connectivity index (χ4v) is 3.35. The van der Waals surface area contributed by atoms with Crippen molar-refractivity contribution in [2.24, 2.45) is 5.92 Å². The van der Waals surface area contributed by atoms with Gasteiger partial charge in [0.05, 0.1) is 11.3 Å². The van der Waals surface area contributed by atoms with Crippen molar-refractivity contribution in [3.8, 4) is 0 Å². The average Bonchev–Trinajstić information content (AvgIpc) is 3.20. The standard InChI is InChI=1S/C22H24N2O4/c25-20(15-28-21(26)14-16-8-4-5-9-16)24-19-13-7-6-12-18(19)22(27)23-17-10-2-1-3-11-17/h1-3,6-7,10-13,16H,4-5,8-9,14-15H2,(H,23,27)(H,24,25). The molecule has 0 saturated heterocycles. The lowest BCUT2D eigenvalue weighted by Gasteiger charge is -2.12. The van der Waals surface area contributed by atoms with Gasteiger partial charge in [-0.15, -0.1) is 0 Å². The highest BCUT2D eigenvalue weighted by Gasteiger charge is 2.20. The van der Waals surface area contributed by atoms with Crippen molar-refractivity contribution in [3.05, 3.63) is 60.2 Å². The van der Waals surface area contributed by atoms with Crippen LogP contribution in [0.1, 0.15) is 42.5 Å². The lowest BCUT2D eigenvalue weighted by atomic mass is 10.0. The second-order valence-corrected chi connectivity index (χ2v) is 6.93. The van der Waals surface area contributed by atoms with Crippen molar-refractivity contribution in [2.45, 2.75) is 32.1 Å². The molecule has 0 heterocycles. The summed E-state index contributed by atoms with van der Waals surface area (Å²) in [6.07, 6.45) is 4.76. The maximum atomic E-state index is 12.5. The van der Waals surface area contributed by atoms with Gasteiger partial charge < -0.3 is 15.4 Å². The molecule has 2 aromatic carbocycles. The predicted octanol–water partition coefficient (Wildman–Crippen LogP) is 4.00. The Bertz CT molecular complexity index is 829. The fourth-order valence-electron chi connectivity index (χ4n) is 3.35. The monoisotopic (exact) mass is 380 g/mol. The molecule has 0 radical (unpaired) electrons. The number of rotatable bonds is 7. The third kappa shape index (κ3) is 5.67. The van der Waals surface area contributed by atoms with Crippen LogP contribution in [0.25, 0.3) is 0 Å². The summed E-state index contributed by atoms with van der Waals surface area (Å²) < 4.78 is 5.08. The van der Waals surface area contributed by atoms with Gasteiger partial charge in [0.1, 0.15) is 0 Å². The minimum Gasteiger partial charge on any atom is -0.456 e. The Morgan fingerprint density at radius 2 is 1.57 bits per heavy atom. The maximum Gasteiger partial charge on any atom is 0.306 e. The van der Waals surface area contributed by atoms with Crippen LogP contribution in [0.15, 0.2) is 54.6 Å². The van der Waals surface area contributed by atoms with Gasteiger partial charge in [-0.3, -0.25) is 14.4 Å². The van der Waals surface area contributed by atoms with Gasteiger partial charge in [-0.1, -0.05) is 43.2 Å². The largest absolute Gasteiger partial charge is 0.456 e. The van der Waals surface area contributed by atoms with Crippen molar-refractivity contribution in [2.75, 3.05) is 17.2 Å². The van der Waals surface area contributed by atoms with E-state index in [2.05, 4.69) is 10.6 Å². The number of hydrogen-bond acceptors (Lipinski definition) is 4. The Labute approximate surface area is 164 Å². The first-order chi connectivity index (χ1) is 13.6. The Morgan fingerprint density at radius 3 is 2.32 bits per heavy atom. The molecule has 2 N–H and O–H groups in total. The average molecular weight is 380 g/mol. The molecule has 3 rings (SSSR count). The number of esters is 1. The number of carbonyl (C=O) groups is 3. The van der Waals surface area contributed by atoms with Crippen LogP contribution in [-0.4, -0.2) is 24.4 Å². The fraction of sp³-hybridized carbons (Fsp3) is 0.318. The van der Waals surface area contributed by atoms with E-state index < -0.39 is 5.91 Å². The number of nitrogens with one attached hydrogen (secondary N) is 2. The van der Waals surface area contributed by atoms with Crippen LogP contribution in [0, 0.1) is 5.92 Å². The van der Waals surface area contributed by atoms with E-state index in [9.17, 15) is 14.4 Å². The van der Waals surface area contributed by atoms with E-state index in [4.69, 9.17) is 4.74 Å². The van der Waals surface area contributed by atoms with Crippen molar-refractivity contribution >= 4 is 29.2 Å². The van der Waals surface area contributed by atoms with E-state index in [1.54, 1.807) is 36.4 Å². The first kappa shape index (κ1) is 19.6. The summed E-state index contributed by atoms with van der Waals surface area (Å²) in [5, 5.41) is 5.44. The van der Waals surface area contributed by atoms with Gasteiger partial charge in [0.2, 0.25) is 0 Å². The third-order valence-electron chi connectivity index (χ3n) is 4.77. The van der Waals surface area contributed by atoms with Gasteiger partial charge in [0.15, 0.2) is 6.61 Å². The molecule has 0 spiro atoms. The Kier molecular flexibility index (Phi) is 6.78. The molecule has 28 heavy (non-hydrogen) atoms. The molecular weight excluding hydrogens is 356 g/mol. The smallest absolute Gasteiger partial charge is 0.306 e. The van der Waals surface area contributed by atoms with E-state index in [1.807, 2.05) is 18.2 Å². The number of amides is 2. The normalized spacial score (nSPS) is 13.7. The van der Waals surface area contributed by atoms with Gasteiger partial charge in [-0.25, -0.2) is 0 Å². The first-order valence-electron chi connectivity index (χ1n) is 9.53. The summed E-state index contributed by atoms with van der Waals surface area (Å²) in [5.74, 6) is -0.782. The summed E-state index contributed by atoms with van der Waals surface area (Å²) >= 11 is 0. The number of carbonyl (C=O) groups excluding carboxylic acids is 3. The van der Waals surface area contributed by atoms with E-state index in [1.165, 1.54) is 0 Å². The highest BCUT2D eigenvalue weighted by molar-refractivity contribution is 6.10. The zero-order valence-corrected chi connectivity index (χ0v) is 15.6. The topological polar surface area (TPSA) is 84.5 Å². The summed E-state index contributed by atoms with van der Waals surface area (Å²) in [6.45, 7) is -0.361. The number of para-hydroxylation sites is 2. The second-order valence-electron chi connectivity index (χ2n) is 6.93. The molecule has 0 aromatic heterocycles. The molecule has 1 aliphatic rings. The van der Waals surface area contributed by atoms with Gasteiger partial charge in [0, 0.05) is 12.1 Å². The molecular formula is C22H24N2O4. The van der Waals surface area contributed by atoms with E-state index in [0.29, 0.717) is 29.3 Å². The van der Waals surface area contributed by atoms with Crippen molar-refractivity contribution in [3.63, 3.8) is 0 Å². The van der Waals surface area contributed by atoms with Crippen molar-refractivity contribution in [1.82, 2.24) is 0 Å². The molecule has 146 valence electrons. The third-order valence-corrected chi connectivity index (χ3v) is 4.77. The quantitative estimate of drug-likeness (QED) is 0.711. The summed E-state index contributed by atoms with van der Waals surface area (Å²) in [6, 6.07) is 15.8. The van der Waals surface area contributed by atoms with Crippen LogP contribution in [-0.2, 0) is 14.3 Å². The molecule has 1 fully saturated rings. The Morgan fingerprint density at radius 1 is 0.893 bits per heavy atom. The highest BCUT2D eigenvalue weighted by atomic mass is 16.5. The zero-order chi connectivity index (χ0) is 19.8. The van der Waals surface area contributed by atoms with E-state index in [-0.39, 0.29) is 18.5 Å². The molecule has 0 unspecified atom stereocenters. The summed E-state index contributed by atoms with van der Waals surface area (Å²) in [4.78, 5) is 36.6. The minimum absolute atomic E-state index is 0.331. The van der Waals surface area contributed by atoms with Crippen LogP contribution in [0.4, 0.5) is 11.4 Å².